The Balaban J connectivity index is 2.13. The van der Waals surface area contributed by atoms with Gasteiger partial charge in [0.25, 0.3) is 5.91 Å². The Morgan fingerprint density at radius 3 is 2.53 bits per heavy atom. The molecule has 1 aromatic rings. The second kappa shape index (κ2) is 5.19. The number of urea groups is 1. The van der Waals surface area contributed by atoms with Gasteiger partial charge in [-0.3, -0.25) is 14.6 Å². The van der Waals surface area contributed by atoms with E-state index in [1.54, 1.807) is 0 Å². The summed E-state index contributed by atoms with van der Waals surface area (Å²) in [6.45, 7) is 0.510. The first-order chi connectivity index (χ1) is 8.24. The Morgan fingerprint density at radius 1 is 1.18 bits per heavy atom. The molecule has 0 bridgehead atoms. The summed E-state index contributed by atoms with van der Waals surface area (Å²) in [5.74, 6) is 0.284. The number of hydrogen-bond acceptors (Lipinski definition) is 2. The quantitative estimate of drug-likeness (QED) is 0.608. The maximum Gasteiger partial charge on any atom is 0.331 e. The van der Waals surface area contributed by atoms with Gasteiger partial charge in [-0.2, -0.15) is 0 Å². The number of carbonyl (C=O) groups is 2. The molecule has 0 aromatic heterocycles. The highest BCUT2D eigenvalue weighted by Crippen LogP contribution is 2.20. The fourth-order valence-corrected chi connectivity index (χ4v) is 1.91. The van der Waals surface area contributed by atoms with Gasteiger partial charge in [0.05, 0.1) is 0 Å². The normalized spacial score (nSPS) is 15.8. The van der Waals surface area contributed by atoms with E-state index >= 15 is 0 Å². The Bertz CT molecular complexity index is 422. The average Bonchev–Trinajstić information content (AvgIpc) is 2.64. The monoisotopic (exact) mass is 252 g/mol. The highest BCUT2D eigenvalue weighted by atomic mass is 35.5. The first-order valence-corrected chi connectivity index (χ1v) is 6.00. The summed E-state index contributed by atoms with van der Waals surface area (Å²) in [5.41, 5.74) is 0.749. The van der Waals surface area contributed by atoms with Crippen LogP contribution < -0.4 is 4.90 Å². The van der Waals surface area contributed by atoms with Crippen molar-refractivity contribution in [3.8, 4) is 0 Å². The van der Waals surface area contributed by atoms with E-state index in [1.807, 2.05) is 30.3 Å². The second-order valence-electron chi connectivity index (χ2n) is 3.79. The average molecular weight is 253 g/mol. The van der Waals surface area contributed by atoms with Crippen LogP contribution in [0.3, 0.4) is 0 Å². The van der Waals surface area contributed by atoms with Gasteiger partial charge in [-0.1, -0.05) is 18.2 Å². The van der Waals surface area contributed by atoms with Crippen LogP contribution in [0, 0.1) is 0 Å². The summed E-state index contributed by atoms with van der Waals surface area (Å²) >= 11 is 5.57. The van der Waals surface area contributed by atoms with Crippen LogP contribution in [0.1, 0.15) is 6.42 Å². The molecule has 1 aromatic carbocycles. The largest absolute Gasteiger partial charge is 0.331 e. The molecule has 2 rings (SSSR count). The lowest BCUT2D eigenvalue weighted by Gasteiger charge is -2.16. The Hall–Kier alpha value is -1.55. The molecule has 0 unspecified atom stereocenters. The molecule has 90 valence electrons. The van der Waals surface area contributed by atoms with Gasteiger partial charge in [0, 0.05) is 18.1 Å². The zero-order chi connectivity index (χ0) is 12.3. The number of rotatable bonds is 4. The Morgan fingerprint density at radius 2 is 1.88 bits per heavy atom. The Labute approximate surface area is 105 Å². The van der Waals surface area contributed by atoms with E-state index in [0.29, 0.717) is 18.8 Å². The first kappa shape index (κ1) is 11.9. The van der Waals surface area contributed by atoms with Crippen molar-refractivity contribution in [3.63, 3.8) is 0 Å². The van der Waals surface area contributed by atoms with Crippen LogP contribution in [-0.4, -0.2) is 35.8 Å². The minimum absolute atomic E-state index is 0.116. The standard InChI is InChI=1S/C12H13ClN2O2/c13-7-4-8-14-11(16)9-15(12(14)17)10-5-2-1-3-6-10/h1-3,5-6H,4,7-9H2. The topological polar surface area (TPSA) is 40.6 Å². The fraction of sp³-hybridized carbons (Fsp3) is 0.333. The van der Waals surface area contributed by atoms with Crippen LogP contribution in [0.25, 0.3) is 0 Å². The van der Waals surface area contributed by atoms with E-state index in [9.17, 15) is 9.59 Å². The van der Waals surface area contributed by atoms with Crippen LogP contribution in [0.4, 0.5) is 10.5 Å². The summed E-state index contributed by atoms with van der Waals surface area (Å²) in [4.78, 5) is 26.4. The number of anilines is 1. The van der Waals surface area contributed by atoms with Gasteiger partial charge < -0.3 is 0 Å². The molecule has 0 N–H and O–H groups in total. The number of alkyl halides is 1. The highest BCUT2D eigenvalue weighted by molar-refractivity contribution is 6.18. The molecular formula is C12H13ClN2O2. The van der Waals surface area contributed by atoms with E-state index in [1.165, 1.54) is 9.80 Å². The first-order valence-electron chi connectivity index (χ1n) is 5.47. The number of hydrogen-bond donors (Lipinski definition) is 0. The van der Waals surface area contributed by atoms with Crippen molar-refractivity contribution < 1.29 is 9.59 Å². The molecular weight excluding hydrogens is 240 g/mol. The molecule has 0 spiro atoms. The van der Waals surface area contributed by atoms with Gasteiger partial charge >= 0.3 is 6.03 Å². The molecule has 1 heterocycles. The van der Waals surface area contributed by atoms with Crippen molar-refractivity contribution in [2.45, 2.75) is 6.42 Å². The maximum absolute atomic E-state index is 12.0. The molecule has 0 atom stereocenters. The number of nitrogens with zero attached hydrogens (tertiary/aromatic N) is 2. The zero-order valence-electron chi connectivity index (χ0n) is 9.30. The van der Waals surface area contributed by atoms with Crippen molar-refractivity contribution in [2.75, 3.05) is 23.9 Å². The third kappa shape index (κ3) is 2.42. The summed E-state index contributed by atoms with van der Waals surface area (Å²) in [5, 5.41) is 0. The van der Waals surface area contributed by atoms with Gasteiger partial charge in [-0.05, 0) is 18.6 Å². The van der Waals surface area contributed by atoms with E-state index in [0.717, 1.165) is 5.69 Å². The summed E-state index contributed by atoms with van der Waals surface area (Å²) in [6.07, 6.45) is 0.627. The number of para-hydroxylation sites is 1. The van der Waals surface area contributed by atoms with Gasteiger partial charge in [0.15, 0.2) is 0 Å². The van der Waals surface area contributed by atoms with Gasteiger partial charge in [-0.15, -0.1) is 11.6 Å². The van der Waals surface area contributed by atoms with Crippen molar-refractivity contribution in [1.82, 2.24) is 4.90 Å². The number of carbonyl (C=O) groups excluding carboxylic acids is 2. The van der Waals surface area contributed by atoms with Gasteiger partial charge in [0.2, 0.25) is 0 Å². The lowest BCUT2D eigenvalue weighted by molar-refractivity contribution is -0.124. The molecule has 17 heavy (non-hydrogen) atoms. The number of halogens is 1. The molecule has 5 heteroatoms. The summed E-state index contributed by atoms with van der Waals surface area (Å²) in [6, 6.07) is 8.93. The number of amides is 3. The SMILES string of the molecule is O=C1CN(c2ccccc2)C(=O)N1CCCCl. The van der Waals surface area contributed by atoms with Crippen LogP contribution in [0.2, 0.25) is 0 Å². The van der Waals surface area contributed by atoms with Gasteiger partial charge in [-0.25, -0.2) is 4.79 Å². The maximum atomic E-state index is 12.0. The number of imide groups is 1. The van der Waals surface area contributed by atoms with Crippen molar-refractivity contribution >= 4 is 29.2 Å². The van der Waals surface area contributed by atoms with E-state index in [-0.39, 0.29) is 18.5 Å². The smallest absolute Gasteiger partial charge is 0.285 e. The molecule has 0 saturated carbocycles. The van der Waals surface area contributed by atoms with Crippen molar-refractivity contribution in [1.29, 1.82) is 0 Å². The van der Waals surface area contributed by atoms with Crippen LogP contribution >= 0.6 is 11.6 Å². The molecule has 1 saturated heterocycles. The predicted octanol–water partition coefficient (Wildman–Crippen LogP) is 2.08. The van der Waals surface area contributed by atoms with Crippen LogP contribution in [-0.2, 0) is 4.79 Å². The second-order valence-corrected chi connectivity index (χ2v) is 4.17. The fourth-order valence-electron chi connectivity index (χ4n) is 1.79. The third-order valence-electron chi connectivity index (χ3n) is 2.64. The lowest BCUT2D eigenvalue weighted by atomic mass is 10.3. The molecule has 1 aliphatic rings. The summed E-state index contributed by atoms with van der Waals surface area (Å²) < 4.78 is 0. The Kier molecular flexibility index (Phi) is 3.64. The molecule has 4 nitrogen and oxygen atoms in total. The molecule has 3 amide bonds. The van der Waals surface area contributed by atoms with Crippen LogP contribution in [0.15, 0.2) is 30.3 Å². The zero-order valence-corrected chi connectivity index (χ0v) is 10.1. The lowest BCUT2D eigenvalue weighted by Crippen LogP contribution is -2.33. The minimum atomic E-state index is -0.258. The van der Waals surface area contributed by atoms with Crippen LogP contribution in [0.5, 0.6) is 0 Å². The number of benzene rings is 1. The third-order valence-corrected chi connectivity index (χ3v) is 2.91. The van der Waals surface area contributed by atoms with E-state index < -0.39 is 0 Å². The summed E-state index contributed by atoms with van der Waals surface area (Å²) in [7, 11) is 0. The van der Waals surface area contributed by atoms with Crippen molar-refractivity contribution in [3.05, 3.63) is 30.3 Å². The van der Waals surface area contributed by atoms with Gasteiger partial charge in [0.1, 0.15) is 6.54 Å². The van der Waals surface area contributed by atoms with E-state index in [4.69, 9.17) is 11.6 Å². The highest BCUT2D eigenvalue weighted by Gasteiger charge is 2.36. The predicted molar refractivity (Wildman–Crippen MR) is 66.2 cm³/mol. The molecule has 0 radical (unpaired) electrons. The minimum Gasteiger partial charge on any atom is -0.285 e. The molecule has 1 fully saturated rings. The molecule has 0 aliphatic carbocycles. The van der Waals surface area contributed by atoms with E-state index in [2.05, 4.69) is 0 Å². The molecule has 1 aliphatic heterocycles. The van der Waals surface area contributed by atoms with Crippen molar-refractivity contribution in [2.24, 2.45) is 0 Å².